The predicted octanol–water partition coefficient (Wildman–Crippen LogP) is 4.22. The van der Waals surface area contributed by atoms with Gasteiger partial charge in [0.1, 0.15) is 29.8 Å². The molecule has 1 saturated heterocycles. The molecule has 210 valence electrons. The first-order valence-corrected chi connectivity index (χ1v) is 13.5. The van der Waals surface area contributed by atoms with Crippen LogP contribution in [0.2, 0.25) is 0 Å². The second-order valence-electron chi connectivity index (χ2n) is 10.7. The van der Waals surface area contributed by atoms with Gasteiger partial charge in [0, 0.05) is 25.2 Å². The van der Waals surface area contributed by atoms with Gasteiger partial charge in [0.25, 0.3) is 5.91 Å². The normalized spacial score (nSPS) is 16.5. The van der Waals surface area contributed by atoms with Gasteiger partial charge in [0.15, 0.2) is 6.10 Å². The van der Waals surface area contributed by atoms with Gasteiger partial charge in [-0.1, -0.05) is 12.1 Å². The smallest absolute Gasteiger partial charge is 0.416 e. The third-order valence-corrected chi connectivity index (χ3v) is 7.25. The summed E-state index contributed by atoms with van der Waals surface area (Å²) < 4.78 is 11.5. The Kier molecular flexibility index (Phi) is 7.62. The van der Waals surface area contributed by atoms with Crippen LogP contribution in [-0.4, -0.2) is 61.4 Å². The summed E-state index contributed by atoms with van der Waals surface area (Å²) in [5, 5.41) is 3.17. The van der Waals surface area contributed by atoms with E-state index in [0.717, 1.165) is 34.0 Å². The largest absolute Gasteiger partial charge is 0.490 e. The van der Waals surface area contributed by atoms with Gasteiger partial charge in [0.2, 0.25) is 0 Å². The average Bonchev–Trinajstić information content (AvgIpc) is 3.46. The molecule has 0 radical (unpaired) electrons. The topological polar surface area (TPSA) is 100 Å². The van der Waals surface area contributed by atoms with Crippen LogP contribution in [-0.2, 0) is 17.8 Å². The fourth-order valence-corrected chi connectivity index (χ4v) is 5.01. The molecular formula is C30H36N6O4. The van der Waals surface area contributed by atoms with Crippen LogP contribution in [0.25, 0.3) is 0 Å². The van der Waals surface area contributed by atoms with Crippen LogP contribution in [0.3, 0.4) is 0 Å². The lowest BCUT2D eigenvalue weighted by molar-refractivity contribution is 0.0995. The van der Waals surface area contributed by atoms with Gasteiger partial charge in [-0.05, 0) is 76.2 Å². The monoisotopic (exact) mass is 544 g/mol. The van der Waals surface area contributed by atoms with E-state index in [2.05, 4.69) is 25.2 Å². The number of carbonyl (C=O) groups is 2. The lowest BCUT2D eigenvalue weighted by Gasteiger charge is -2.24. The predicted molar refractivity (Wildman–Crippen MR) is 154 cm³/mol. The molecule has 5 rings (SSSR count). The quantitative estimate of drug-likeness (QED) is 0.428. The molecule has 1 aromatic carbocycles. The van der Waals surface area contributed by atoms with Crippen LogP contribution >= 0.6 is 0 Å². The zero-order valence-corrected chi connectivity index (χ0v) is 23.9. The number of cyclic esters (lactones) is 1. The van der Waals surface area contributed by atoms with E-state index in [1.54, 1.807) is 23.1 Å². The summed E-state index contributed by atoms with van der Waals surface area (Å²) in [6.45, 7) is 9.63. The highest BCUT2D eigenvalue weighted by Gasteiger charge is 2.36. The molecule has 2 aromatic heterocycles. The summed E-state index contributed by atoms with van der Waals surface area (Å²) in [5.74, 6) is 2.25. The molecule has 10 heteroatoms. The number of amides is 2. The molecule has 4 heterocycles. The summed E-state index contributed by atoms with van der Waals surface area (Å²) >= 11 is 0. The number of hydrogen-bond acceptors (Lipinski definition) is 8. The first-order chi connectivity index (χ1) is 19.1. The number of anilines is 3. The van der Waals surface area contributed by atoms with E-state index in [-0.39, 0.29) is 18.6 Å². The van der Waals surface area contributed by atoms with Gasteiger partial charge >= 0.3 is 6.09 Å². The standard InChI is InChI=1S/C30H36N6O4/c1-18(2)34(6)28-13-23-24(25(32-28)14-31-5)16-35(29(23)37)26-8-7-9-27(33-26)36-15-22(40-30(36)38)17-39-21-11-19(3)10-20(4)12-21/h7-13,18,22,31H,14-17H2,1-6H3. The number of hydrogen-bond donors (Lipinski definition) is 1. The summed E-state index contributed by atoms with van der Waals surface area (Å²) in [6, 6.07) is 13.4. The lowest BCUT2D eigenvalue weighted by atomic mass is 10.1. The van der Waals surface area contributed by atoms with Crippen molar-refractivity contribution in [1.29, 1.82) is 0 Å². The maximum absolute atomic E-state index is 13.6. The molecule has 1 N–H and O–H groups in total. The molecule has 2 aliphatic rings. The van der Waals surface area contributed by atoms with Crippen molar-refractivity contribution in [3.8, 4) is 5.75 Å². The van der Waals surface area contributed by atoms with Crippen molar-refractivity contribution in [2.24, 2.45) is 0 Å². The first-order valence-electron chi connectivity index (χ1n) is 13.5. The second-order valence-corrected chi connectivity index (χ2v) is 10.7. The Hall–Kier alpha value is -4.18. The Bertz CT molecular complexity index is 1420. The highest BCUT2D eigenvalue weighted by atomic mass is 16.6. The number of nitrogens with zero attached hydrogens (tertiary/aromatic N) is 5. The van der Waals surface area contributed by atoms with Crippen molar-refractivity contribution < 1.29 is 19.1 Å². The molecule has 2 amide bonds. The van der Waals surface area contributed by atoms with E-state index in [4.69, 9.17) is 19.4 Å². The molecule has 0 aliphatic carbocycles. The maximum Gasteiger partial charge on any atom is 0.416 e. The number of fused-ring (bicyclic) bond motifs is 1. The highest BCUT2D eigenvalue weighted by molar-refractivity contribution is 6.10. The van der Waals surface area contributed by atoms with E-state index in [1.807, 2.05) is 51.0 Å². The minimum atomic E-state index is -0.489. The molecule has 0 saturated carbocycles. The van der Waals surface area contributed by atoms with E-state index in [0.29, 0.717) is 36.8 Å². The fraction of sp³-hybridized carbons (Fsp3) is 0.400. The SMILES string of the molecule is CNCc1nc(N(C)C(C)C)cc2c1CN(c1cccc(N3CC(COc4cc(C)cc(C)c4)OC3=O)n1)C2=O. The third kappa shape index (κ3) is 5.44. The van der Waals surface area contributed by atoms with Crippen molar-refractivity contribution in [2.75, 3.05) is 41.9 Å². The maximum atomic E-state index is 13.6. The number of nitrogens with one attached hydrogen (secondary N) is 1. The lowest BCUT2D eigenvalue weighted by Crippen LogP contribution is -2.29. The molecule has 1 atom stereocenters. The molecular weight excluding hydrogens is 508 g/mol. The summed E-state index contributed by atoms with van der Waals surface area (Å²) in [6.07, 6.45) is -0.931. The number of pyridine rings is 2. The molecule has 40 heavy (non-hydrogen) atoms. The third-order valence-electron chi connectivity index (χ3n) is 7.25. The van der Waals surface area contributed by atoms with E-state index >= 15 is 0 Å². The molecule has 2 aliphatic heterocycles. The molecule has 1 fully saturated rings. The van der Waals surface area contributed by atoms with Crippen molar-refractivity contribution >= 4 is 29.5 Å². The zero-order valence-electron chi connectivity index (χ0n) is 23.9. The number of aromatic nitrogens is 2. The van der Waals surface area contributed by atoms with Crippen molar-refractivity contribution in [2.45, 2.75) is 52.9 Å². The van der Waals surface area contributed by atoms with E-state index in [9.17, 15) is 9.59 Å². The Morgan fingerprint density at radius 1 is 1.07 bits per heavy atom. The Morgan fingerprint density at radius 2 is 1.77 bits per heavy atom. The first kappa shape index (κ1) is 27.4. The summed E-state index contributed by atoms with van der Waals surface area (Å²) in [4.78, 5) is 41.1. The highest BCUT2D eigenvalue weighted by Crippen LogP contribution is 2.33. The summed E-state index contributed by atoms with van der Waals surface area (Å²) in [5.41, 5.74) is 4.56. The van der Waals surface area contributed by atoms with Gasteiger partial charge < -0.3 is 19.7 Å². The van der Waals surface area contributed by atoms with Gasteiger partial charge in [0.05, 0.1) is 24.3 Å². The van der Waals surface area contributed by atoms with Crippen LogP contribution in [0, 0.1) is 13.8 Å². The Labute approximate surface area is 234 Å². The van der Waals surface area contributed by atoms with E-state index in [1.165, 1.54) is 4.90 Å². The van der Waals surface area contributed by atoms with Gasteiger partial charge in [-0.2, -0.15) is 0 Å². The van der Waals surface area contributed by atoms with Crippen molar-refractivity contribution in [3.63, 3.8) is 0 Å². The number of benzene rings is 1. The van der Waals surface area contributed by atoms with Gasteiger partial charge in [-0.15, -0.1) is 0 Å². The minimum Gasteiger partial charge on any atom is -0.490 e. The fourth-order valence-electron chi connectivity index (χ4n) is 5.01. The van der Waals surface area contributed by atoms with Crippen molar-refractivity contribution in [3.05, 3.63) is 70.4 Å². The molecule has 3 aromatic rings. The van der Waals surface area contributed by atoms with E-state index < -0.39 is 12.2 Å². The second kappa shape index (κ2) is 11.1. The number of aryl methyl sites for hydroxylation is 2. The number of ether oxygens (including phenoxy) is 2. The molecule has 1 unspecified atom stereocenters. The number of carbonyl (C=O) groups excluding carboxylic acids is 2. The van der Waals surface area contributed by atoms with Gasteiger partial charge in [-0.3, -0.25) is 14.6 Å². The molecule has 0 bridgehead atoms. The van der Waals surface area contributed by atoms with Crippen molar-refractivity contribution in [1.82, 2.24) is 15.3 Å². The molecule has 0 spiro atoms. The van der Waals surface area contributed by atoms with Crippen LogP contribution in [0.4, 0.5) is 22.2 Å². The van der Waals surface area contributed by atoms with Crippen LogP contribution in [0.15, 0.2) is 42.5 Å². The zero-order chi connectivity index (χ0) is 28.6. The Balaban J connectivity index is 1.33. The van der Waals surface area contributed by atoms with Crippen LogP contribution < -0.4 is 24.8 Å². The Morgan fingerprint density at radius 3 is 2.45 bits per heavy atom. The van der Waals surface area contributed by atoms with Crippen LogP contribution in [0.5, 0.6) is 5.75 Å². The summed E-state index contributed by atoms with van der Waals surface area (Å²) in [7, 11) is 3.84. The van der Waals surface area contributed by atoms with Crippen LogP contribution in [0.1, 0.15) is 46.6 Å². The average molecular weight is 545 g/mol. The number of rotatable bonds is 9. The molecule has 10 nitrogen and oxygen atoms in total. The minimum absolute atomic E-state index is 0.137. The van der Waals surface area contributed by atoms with Gasteiger partial charge in [-0.25, -0.2) is 14.8 Å².